The van der Waals surface area contributed by atoms with Crippen LogP contribution in [0.5, 0.6) is 0 Å². The van der Waals surface area contributed by atoms with E-state index in [4.69, 9.17) is 0 Å². The summed E-state index contributed by atoms with van der Waals surface area (Å²) in [6.45, 7) is 8.06. The van der Waals surface area contributed by atoms with Crippen LogP contribution in [0.1, 0.15) is 46.0 Å². The summed E-state index contributed by atoms with van der Waals surface area (Å²) in [6.07, 6.45) is 6.94. The molecule has 0 aromatic carbocycles. The van der Waals surface area contributed by atoms with E-state index in [-0.39, 0.29) is 5.41 Å². The molecule has 1 nitrogen and oxygen atoms in total. The summed E-state index contributed by atoms with van der Waals surface area (Å²) < 4.78 is 0. The zero-order valence-corrected chi connectivity index (χ0v) is 8.81. The molecule has 1 heteroatoms. The van der Waals surface area contributed by atoms with Gasteiger partial charge in [-0.2, -0.15) is 0 Å². The van der Waals surface area contributed by atoms with Crippen LogP contribution in [-0.2, 0) is 4.79 Å². The summed E-state index contributed by atoms with van der Waals surface area (Å²) in [5, 5.41) is 0. The van der Waals surface area contributed by atoms with Crippen LogP contribution < -0.4 is 0 Å². The summed E-state index contributed by atoms with van der Waals surface area (Å²) in [4.78, 5) is 10.7. The van der Waals surface area contributed by atoms with Crippen LogP contribution in [-0.4, -0.2) is 6.29 Å². The molecule has 0 amide bonds. The van der Waals surface area contributed by atoms with Crippen LogP contribution in [0.2, 0.25) is 0 Å². The van der Waals surface area contributed by atoms with Gasteiger partial charge >= 0.3 is 0 Å². The first-order chi connectivity index (χ1) is 6.03. The molecule has 1 aliphatic rings. The maximum absolute atomic E-state index is 10.7. The molecule has 0 aliphatic heterocycles. The van der Waals surface area contributed by atoms with Gasteiger partial charge in [-0.05, 0) is 38.0 Å². The molecule has 1 rings (SSSR count). The standard InChI is InChI=1S/C12H20O/c1-10-4-6-11(7-5-10)8-12(2,3)9-13/h9,11H,1,4-8H2,2-3H3. The van der Waals surface area contributed by atoms with Crippen molar-refractivity contribution in [1.82, 2.24) is 0 Å². The van der Waals surface area contributed by atoms with Crippen molar-refractivity contribution < 1.29 is 4.79 Å². The molecule has 1 aliphatic carbocycles. The predicted molar refractivity (Wildman–Crippen MR) is 55.6 cm³/mol. The molecule has 74 valence electrons. The quantitative estimate of drug-likeness (QED) is 0.481. The van der Waals surface area contributed by atoms with E-state index >= 15 is 0 Å². The Morgan fingerprint density at radius 1 is 1.46 bits per heavy atom. The van der Waals surface area contributed by atoms with Crippen molar-refractivity contribution in [2.45, 2.75) is 46.0 Å². The third kappa shape index (κ3) is 3.33. The van der Waals surface area contributed by atoms with Gasteiger partial charge in [0.1, 0.15) is 6.29 Å². The van der Waals surface area contributed by atoms with E-state index in [0.717, 1.165) is 18.6 Å². The van der Waals surface area contributed by atoms with Gasteiger partial charge in [0.2, 0.25) is 0 Å². The fourth-order valence-corrected chi connectivity index (χ4v) is 2.08. The molecule has 1 saturated carbocycles. The summed E-state index contributed by atoms with van der Waals surface area (Å²) >= 11 is 0. The Kier molecular flexibility index (Phi) is 3.29. The van der Waals surface area contributed by atoms with E-state index < -0.39 is 0 Å². The number of carbonyl (C=O) groups excluding carboxylic acids is 1. The molecule has 0 N–H and O–H groups in total. The minimum absolute atomic E-state index is 0.122. The van der Waals surface area contributed by atoms with Gasteiger partial charge in [-0.25, -0.2) is 0 Å². The molecular formula is C12H20O. The topological polar surface area (TPSA) is 17.1 Å². The normalized spacial score (nSPS) is 20.3. The number of hydrogen-bond donors (Lipinski definition) is 0. The van der Waals surface area contributed by atoms with Crippen molar-refractivity contribution in [3.05, 3.63) is 12.2 Å². The van der Waals surface area contributed by atoms with E-state index in [9.17, 15) is 4.79 Å². The third-order valence-electron chi connectivity index (χ3n) is 2.95. The lowest BCUT2D eigenvalue weighted by atomic mass is 9.76. The zero-order chi connectivity index (χ0) is 9.90. The smallest absolute Gasteiger partial charge is 0.125 e. The number of aldehydes is 1. The van der Waals surface area contributed by atoms with Crippen LogP contribution in [0.3, 0.4) is 0 Å². The Balaban J connectivity index is 2.38. The van der Waals surface area contributed by atoms with E-state index in [1.54, 1.807) is 0 Å². The number of rotatable bonds is 3. The fraction of sp³-hybridized carbons (Fsp3) is 0.750. The first kappa shape index (κ1) is 10.5. The number of hydrogen-bond acceptors (Lipinski definition) is 1. The van der Waals surface area contributed by atoms with Crippen LogP contribution in [0.4, 0.5) is 0 Å². The van der Waals surface area contributed by atoms with Crippen molar-refractivity contribution in [3.63, 3.8) is 0 Å². The molecule has 0 aromatic rings. The molecule has 0 heterocycles. The second-order valence-corrected chi connectivity index (χ2v) is 5.00. The van der Waals surface area contributed by atoms with Gasteiger partial charge in [-0.15, -0.1) is 0 Å². The van der Waals surface area contributed by atoms with Gasteiger partial charge in [0.05, 0.1) is 0 Å². The van der Waals surface area contributed by atoms with E-state index in [0.29, 0.717) is 0 Å². The van der Waals surface area contributed by atoms with Crippen LogP contribution in [0, 0.1) is 11.3 Å². The highest BCUT2D eigenvalue weighted by Gasteiger charge is 2.24. The Bertz CT molecular complexity index is 193. The van der Waals surface area contributed by atoms with Gasteiger partial charge in [0.15, 0.2) is 0 Å². The predicted octanol–water partition coefficient (Wildman–Crippen LogP) is 3.35. The molecule has 0 saturated heterocycles. The van der Waals surface area contributed by atoms with Crippen molar-refractivity contribution in [2.75, 3.05) is 0 Å². The van der Waals surface area contributed by atoms with E-state index in [1.165, 1.54) is 31.3 Å². The number of carbonyl (C=O) groups is 1. The molecule has 1 fully saturated rings. The average molecular weight is 180 g/mol. The van der Waals surface area contributed by atoms with Crippen molar-refractivity contribution >= 4 is 6.29 Å². The minimum atomic E-state index is -0.122. The monoisotopic (exact) mass is 180 g/mol. The first-order valence-corrected chi connectivity index (χ1v) is 5.16. The minimum Gasteiger partial charge on any atom is -0.303 e. The van der Waals surface area contributed by atoms with E-state index in [2.05, 4.69) is 6.58 Å². The fourth-order valence-electron chi connectivity index (χ4n) is 2.08. The lowest BCUT2D eigenvalue weighted by molar-refractivity contribution is -0.115. The maximum Gasteiger partial charge on any atom is 0.125 e. The highest BCUT2D eigenvalue weighted by atomic mass is 16.1. The average Bonchev–Trinajstić information content (AvgIpc) is 2.09. The Morgan fingerprint density at radius 2 is 2.00 bits per heavy atom. The Morgan fingerprint density at radius 3 is 2.46 bits per heavy atom. The first-order valence-electron chi connectivity index (χ1n) is 5.16. The van der Waals surface area contributed by atoms with Gasteiger partial charge in [0, 0.05) is 5.41 Å². The Hall–Kier alpha value is -0.590. The lowest BCUT2D eigenvalue weighted by Gasteiger charge is -2.28. The molecule has 0 spiro atoms. The molecule has 0 aromatic heterocycles. The highest BCUT2D eigenvalue weighted by molar-refractivity contribution is 5.57. The Labute approximate surface area is 81.2 Å². The van der Waals surface area contributed by atoms with Gasteiger partial charge in [-0.1, -0.05) is 26.0 Å². The molecule has 0 unspecified atom stereocenters. The van der Waals surface area contributed by atoms with Crippen molar-refractivity contribution in [1.29, 1.82) is 0 Å². The third-order valence-corrected chi connectivity index (χ3v) is 2.95. The second-order valence-electron chi connectivity index (χ2n) is 5.00. The second kappa shape index (κ2) is 4.08. The van der Waals surface area contributed by atoms with Crippen LogP contribution in [0.15, 0.2) is 12.2 Å². The van der Waals surface area contributed by atoms with Crippen LogP contribution >= 0.6 is 0 Å². The van der Waals surface area contributed by atoms with Crippen molar-refractivity contribution in [2.24, 2.45) is 11.3 Å². The molecule has 0 atom stereocenters. The zero-order valence-electron chi connectivity index (χ0n) is 8.81. The van der Waals surface area contributed by atoms with Gasteiger partial charge in [0.25, 0.3) is 0 Å². The largest absolute Gasteiger partial charge is 0.303 e. The summed E-state index contributed by atoms with van der Waals surface area (Å²) in [5.74, 6) is 0.741. The summed E-state index contributed by atoms with van der Waals surface area (Å²) in [5.41, 5.74) is 1.27. The van der Waals surface area contributed by atoms with Crippen molar-refractivity contribution in [3.8, 4) is 0 Å². The van der Waals surface area contributed by atoms with Crippen LogP contribution in [0.25, 0.3) is 0 Å². The molecule has 0 bridgehead atoms. The SMILES string of the molecule is C=C1CCC(CC(C)(C)C=O)CC1. The summed E-state index contributed by atoms with van der Waals surface area (Å²) in [7, 11) is 0. The highest BCUT2D eigenvalue weighted by Crippen LogP contribution is 2.34. The van der Waals surface area contributed by atoms with Gasteiger partial charge in [-0.3, -0.25) is 0 Å². The molecular weight excluding hydrogens is 160 g/mol. The summed E-state index contributed by atoms with van der Waals surface area (Å²) in [6, 6.07) is 0. The molecule has 13 heavy (non-hydrogen) atoms. The molecule has 0 radical (unpaired) electrons. The lowest BCUT2D eigenvalue weighted by Crippen LogP contribution is -2.20. The maximum atomic E-state index is 10.7. The number of allylic oxidation sites excluding steroid dienone is 1. The van der Waals surface area contributed by atoms with Gasteiger partial charge < -0.3 is 4.79 Å². The van der Waals surface area contributed by atoms with E-state index in [1.807, 2.05) is 13.8 Å².